The van der Waals surface area contributed by atoms with Gasteiger partial charge in [-0.2, -0.15) is 0 Å². The zero-order chi connectivity index (χ0) is 12.7. The van der Waals surface area contributed by atoms with Crippen LogP contribution in [0.1, 0.15) is 0 Å². The van der Waals surface area contributed by atoms with Gasteiger partial charge in [-0.3, -0.25) is 0 Å². The fourth-order valence-corrected chi connectivity index (χ4v) is 1.65. The molecule has 0 aliphatic rings. The molecule has 2 N–H and O–H groups in total. The molecule has 0 spiro atoms. The number of nitrogens with one attached hydrogen (secondary N) is 1. The lowest BCUT2D eigenvalue weighted by Crippen LogP contribution is -2.37. The molecule has 1 aromatic rings. The lowest BCUT2D eigenvalue weighted by molar-refractivity contribution is 0.195. The van der Waals surface area contributed by atoms with E-state index in [-0.39, 0.29) is 12.6 Å². The molecule has 0 fully saturated rings. The minimum absolute atomic E-state index is 0.0616. The summed E-state index contributed by atoms with van der Waals surface area (Å²) in [5, 5.41) is 11.6. The number of urea groups is 1. The number of nitrogens with zero attached hydrogens (tertiary/aromatic N) is 1. The number of halogens is 1. The normalized spacial score (nSPS) is 9.76. The maximum atomic E-state index is 11.8. The number of aliphatic hydroxyl groups excluding tert-OH is 1. The van der Waals surface area contributed by atoms with Crippen LogP contribution in [0.3, 0.4) is 0 Å². The number of anilines is 1. The van der Waals surface area contributed by atoms with E-state index in [1.807, 2.05) is 24.3 Å². The third kappa shape index (κ3) is 4.74. The van der Waals surface area contributed by atoms with E-state index in [4.69, 9.17) is 5.11 Å². The predicted octanol–water partition coefficient (Wildman–Crippen LogP) is 2.30. The van der Waals surface area contributed by atoms with Crippen molar-refractivity contribution in [1.82, 2.24) is 4.90 Å². The van der Waals surface area contributed by atoms with Crippen LogP contribution in [0.4, 0.5) is 10.5 Å². The topological polar surface area (TPSA) is 52.6 Å². The lowest BCUT2D eigenvalue weighted by Gasteiger charge is -2.20. The average Bonchev–Trinajstić information content (AvgIpc) is 2.32. The minimum Gasteiger partial charge on any atom is -0.395 e. The van der Waals surface area contributed by atoms with E-state index in [2.05, 4.69) is 34.5 Å². The van der Waals surface area contributed by atoms with Crippen LogP contribution in [-0.2, 0) is 0 Å². The van der Waals surface area contributed by atoms with Crippen LogP contribution < -0.4 is 5.32 Å². The molecule has 0 saturated heterocycles. The van der Waals surface area contributed by atoms with Crippen LogP contribution in [0.2, 0.25) is 0 Å². The Balaban J connectivity index is 2.62. The summed E-state index contributed by atoms with van der Waals surface area (Å²) in [5.41, 5.74) is 0.738. The highest BCUT2D eigenvalue weighted by atomic mass is 127. The minimum atomic E-state index is -0.236. The van der Waals surface area contributed by atoms with Crippen LogP contribution in [0.25, 0.3) is 0 Å². The Hall–Kier alpha value is -1.08. The first-order valence-corrected chi connectivity index (χ1v) is 6.28. The van der Waals surface area contributed by atoms with Crippen molar-refractivity contribution >= 4 is 34.3 Å². The zero-order valence-corrected chi connectivity index (χ0v) is 11.6. The van der Waals surface area contributed by atoms with Crippen LogP contribution in [0.15, 0.2) is 36.9 Å². The highest BCUT2D eigenvalue weighted by Gasteiger charge is 2.10. The molecule has 17 heavy (non-hydrogen) atoms. The van der Waals surface area contributed by atoms with Gasteiger partial charge in [0, 0.05) is 22.3 Å². The van der Waals surface area contributed by atoms with E-state index in [1.165, 1.54) is 4.90 Å². The first-order valence-electron chi connectivity index (χ1n) is 5.20. The fraction of sp³-hybridized carbons (Fsp3) is 0.250. The Bertz CT molecular complexity index is 379. The third-order valence-corrected chi connectivity index (χ3v) is 2.82. The summed E-state index contributed by atoms with van der Waals surface area (Å²) in [5.74, 6) is 0. The molecular formula is C12H15IN2O2. The van der Waals surface area contributed by atoms with Gasteiger partial charge >= 0.3 is 6.03 Å². The molecule has 5 heteroatoms. The second-order valence-electron chi connectivity index (χ2n) is 3.40. The monoisotopic (exact) mass is 346 g/mol. The Morgan fingerprint density at radius 3 is 2.65 bits per heavy atom. The van der Waals surface area contributed by atoms with E-state index in [0.717, 1.165) is 9.26 Å². The van der Waals surface area contributed by atoms with Crippen molar-refractivity contribution in [2.45, 2.75) is 0 Å². The van der Waals surface area contributed by atoms with E-state index >= 15 is 0 Å². The van der Waals surface area contributed by atoms with Gasteiger partial charge in [0.25, 0.3) is 0 Å². The Kier molecular flexibility index (Phi) is 5.99. The molecule has 0 saturated carbocycles. The molecule has 0 aliphatic heterocycles. The maximum Gasteiger partial charge on any atom is 0.322 e. The number of hydrogen-bond donors (Lipinski definition) is 2. The largest absolute Gasteiger partial charge is 0.395 e. The van der Waals surface area contributed by atoms with Gasteiger partial charge in [-0.15, -0.1) is 6.58 Å². The summed E-state index contributed by atoms with van der Waals surface area (Å²) in [4.78, 5) is 13.3. The van der Waals surface area contributed by atoms with Crippen molar-refractivity contribution in [1.29, 1.82) is 0 Å². The number of rotatable bonds is 5. The fourth-order valence-electron chi connectivity index (χ4n) is 1.29. The number of carbonyl (C=O) groups is 1. The molecule has 1 aromatic carbocycles. The molecule has 0 aromatic heterocycles. The highest BCUT2D eigenvalue weighted by Crippen LogP contribution is 2.11. The van der Waals surface area contributed by atoms with Gasteiger partial charge in [-0.1, -0.05) is 6.08 Å². The van der Waals surface area contributed by atoms with E-state index in [9.17, 15) is 4.79 Å². The lowest BCUT2D eigenvalue weighted by atomic mass is 10.3. The van der Waals surface area contributed by atoms with Crippen LogP contribution in [-0.4, -0.2) is 35.7 Å². The molecule has 4 nitrogen and oxygen atoms in total. The molecule has 0 aliphatic carbocycles. The van der Waals surface area contributed by atoms with Crippen molar-refractivity contribution in [3.8, 4) is 0 Å². The van der Waals surface area contributed by atoms with Crippen molar-refractivity contribution in [2.75, 3.05) is 25.0 Å². The summed E-state index contributed by atoms with van der Waals surface area (Å²) in [6.45, 7) is 4.23. The number of hydrogen-bond acceptors (Lipinski definition) is 2. The molecule has 0 unspecified atom stereocenters. The maximum absolute atomic E-state index is 11.8. The second kappa shape index (κ2) is 7.29. The van der Waals surface area contributed by atoms with E-state index in [1.54, 1.807) is 6.08 Å². The van der Waals surface area contributed by atoms with Gasteiger partial charge in [0.05, 0.1) is 6.61 Å². The Morgan fingerprint density at radius 1 is 1.47 bits per heavy atom. The summed E-state index contributed by atoms with van der Waals surface area (Å²) in [6.07, 6.45) is 1.63. The Labute approximate surface area is 114 Å². The van der Waals surface area contributed by atoms with Crippen molar-refractivity contribution in [3.05, 3.63) is 40.5 Å². The number of benzene rings is 1. The first kappa shape index (κ1) is 14.0. The van der Waals surface area contributed by atoms with Crippen molar-refractivity contribution < 1.29 is 9.90 Å². The standard InChI is InChI=1S/C12H15IN2O2/c1-2-7-15(8-9-16)12(17)14-11-5-3-10(13)4-6-11/h2-6,16H,1,7-9H2,(H,14,17). The van der Waals surface area contributed by atoms with E-state index in [0.29, 0.717) is 13.1 Å². The summed E-state index contributed by atoms with van der Waals surface area (Å²) in [6, 6.07) is 7.27. The van der Waals surface area contributed by atoms with Crippen LogP contribution in [0.5, 0.6) is 0 Å². The smallest absolute Gasteiger partial charge is 0.322 e. The second-order valence-corrected chi connectivity index (χ2v) is 4.64. The number of carbonyl (C=O) groups excluding carboxylic acids is 1. The molecule has 0 heterocycles. The summed E-state index contributed by atoms with van der Waals surface area (Å²) >= 11 is 2.20. The quantitative estimate of drug-likeness (QED) is 0.635. The average molecular weight is 346 g/mol. The first-order chi connectivity index (χ1) is 8.17. The van der Waals surface area contributed by atoms with E-state index < -0.39 is 0 Å². The number of amides is 2. The van der Waals surface area contributed by atoms with Crippen molar-refractivity contribution in [3.63, 3.8) is 0 Å². The van der Waals surface area contributed by atoms with Gasteiger partial charge in [0.15, 0.2) is 0 Å². The van der Waals surface area contributed by atoms with Gasteiger partial charge in [-0.25, -0.2) is 4.79 Å². The molecular weight excluding hydrogens is 331 g/mol. The SMILES string of the molecule is C=CCN(CCO)C(=O)Nc1ccc(I)cc1. The van der Waals surface area contributed by atoms with Crippen LogP contribution >= 0.6 is 22.6 Å². The molecule has 2 amide bonds. The molecule has 0 radical (unpaired) electrons. The Morgan fingerprint density at radius 2 is 2.12 bits per heavy atom. The molecule has 1 rings (SSSR count). The van der Waals surface area contributed by atoms with Crippen molar-refractivity contribution in [2.24, 2.45) is 0 Å². The molecule has 92 valence electrons. The summed E-state index contributed by atoms with van der Waals surface area (Å²) < 4.78 is 1.11. The zero-order valence-electron chi connectivity index (χ0n) is 9.40. The third-order valence-electron chi connectivity index (χ3n) is 2.10. The van der Waals surface area contributed by atoms with Gasteiger partial charge in [-0.05, 0) is 46.9 Å². The van der Waals surface area contributed by atoms with Gasteiger partial charge in [0.2, 0.25) is 0 Å². The van der Waals surface area contributed by atoms with Crippen LogP contribution in [0, 0.1) is 3.57 Å². The van der Waals surface area contributed by atoms with Gasteiger partial charge in [0.1, 0.15) is 0 Å². The van der Waals surface area contributed by atoms with Gasteiger partial charge < -0.3 is 15.3 Å². The highest BCUT2D eigenvalue weighted by molar-refractivity contribution is 14.1. The molecule has 0 bridgehead atoms. The molecule has 0 atom stereocenters. The predicted molar refractivity (Wildman–Crippen MR) is 77.0 cm³/mol. The summed E-state index contributed by atoms with van der Waals surface area (Å²) in [7, 11) is 0. The number of aliphatic hydroxyl groups is 1.